The highest BCUT2D eigenvalue weighted by Gasteiger charge is 2.12. The maximum absolute atomic E-state index is 11.3. The van der Waals surface area contributed by atoms with Gasteiger partial charge in [-0.05, 0) is 24.7 Å². The lowest BCUT2D eigenvalue weighted by atomic mass is 10.0. The van der Waals surface area contributed by atoms with Crippen LogP contribution in [0.1, 0.15) is 45.1 Å². The monoisotopic (exact) mass is 391 g/mol. The first-order chi connectivity index (χ1) is 13.4. The quantitative estimate of drug-likeness (QED) is 0.516. The molecule has 0 spiro atoms. The van der Waals surface area contributed by atoms with E-state index in [4.69, 9.17) is 0 Å². The fraction of sp³-hybridized carbons (Fsp3) is 0.632. The summed E-state index contributed by atoms with van der Waals surface area (Å²) in [7, 11) is 2.75. The molecule has 1 aromatic heterocycles. The zero-order valence-electron chi connectivity index (χ0n) is 16.9. The van der Waals surface area contributed by atoms with Gasteiger partial charge in [0.2, 0.25) is 5.95 Å². The molecule has 0 aliphatic carbocycles. The van der Waals surface area contributed by atoms with Crippen molar-refractivity contribution in [3.05, 3.63) is 11.8 Å². The zero-order valence-corrected chi connectivity index (χ0v) is 16.9. The summed E-state index contributed by atoms with van der Waals surface area (Å²) in [6.07, 6.45) is 3.67. The van der Waals surface area contributed by atoms with Crippen molar-refractivity contribution in [2.45, 2.75) is 39.5 Å². The molecule has 0 radical (unpaired) electrons. The molecule has 1 aromatic rings. The first-order valence-electron chi connectivity index (χ1n) is 9.28. The Morgan fingerprint density at radius 3 is 2.11 bits per heavy atom. The van der Waals surface area contributed by atoms with Crippen LogP contribution in [0.3, 0.4) is 0 Å². The minimum atomic E-state index is -0.236. The van der Waals surface area contributed by atoms with Gasteiger partial charge in [-0.1, -0.05) is 13.8 Å². The van der Waals surface area contributed by atoms with E-state index in [0.717, 1.165) is 12.8 Å². The molecule has 9 nitrogen and oxygen atoms in total. The first-order valence-corrected chi connectivity index (χ1v) is 9.28. The molecule has 1 rings (SSSR count). The average Bonchev–Trinajstić information content (AvgIpc) is 2.67. The standard InChI is InChI=1S/C19H29N5O4/c1-13(9-16(25)27-3)5-7-21-18-15(11-20)12-23-19(24-18)22-8-6-14(2)10-17(26)28-4/h12-14H,5-10H2,1-4H3,(H2,21,22,23,24). The maximum atomic E-state index is 11.3. The molecule has 2 atom stereocenters. The van der Waals surface area contributed by atoms with E-state index in [0.29, 0.717) is 43.3 Å². The van der Waals surface area contributed by atoms with Crippen LogP contribution in [0, 0.1) is 23.2 Å². The first kappa shape index (κ1) is 23.1. The lowest BCUT2D eigenvalue weighted by molar-refractivity contribution is -0.142. The molecular weight excluding hydrogens is 362 g/mol. The van der Waals surface area contributed by atoms with E-state index in [9.17, 15) is 14.9 Å². The van der Waals surface area contributed by atoms with Crippen LogP contribution in [0.15, 0.2) is 6.20 Å². The summed E-state index contributed by atoms with van der Waals surface area (Å²) in [5, 5.41) is 15.5. The van der Waals surface area contributed by atoms with Crippen LogP contribution in [-0.2, 0) is 19.1 Å². The number of hydrogen-bond acceptors (Lipinski definition) is 9. The van der Waals surface area contributed by atoms with E-state index in [2.05, 4.69) is 36.1 Å². The highest BCUT2D eigenvalue weighted by molar-refractivity contribution is 5.69. The molecule has 2 unspecified atom stereocenters. The number of anilines is 2. The van der Waals surface area contributed by atoms with Crippen LogP contribution in [0.25, 0.3) is 0 Å². The van der Waals surface area contributed by atoms with Crippen molar-refractivity contribution in [1.82, 2.24) is 9.97 Å². The highest BCUT2D eigenvalue weighted by Crippen LogP contribution is 2.15. The summed E-state index contributed by atoms with van der Waals surface area (Å²) in [6, 6.07) is 2.06. The summed E-state index contributed by atoms with van der Waals surface area (Å²) in [6.45, 7) is 5.10. The minimum Gasteiger partial charge on any atom is -0.469 e. The number of methoxy groups -OCH3 is 2. The van der Waals surface area contributed by atoms with E-state index in [1.54, 1.807) is 0 Å². The number of aromatic nitrogens is 2. The second-order valence-electron chi connectivity index (χ2n) is 6.77. The largest absolute Gasteiger partial charge is 0.469 e. The molecule has 0 aromatic carbocycles. The van der Waals surface area contributed by atoms with Crippen LogP contribution in [0.2, 0.25) is 0 Å². The summed E-state index contributed by atoms with van der Waals surface area (Å²) < 4.78 is 9.32. The Labute approximate surface area is 165 Å². The highest BCUT2D eigenvalue weighted by atomic mass is 16.5. The molecule has 9 heteroatoms. The molecular formula is C19H29N5O4. The van der Waals surface area contributed by atoms with Gasteiger partial charge in [-0.2, -0.15) is 10.2 Å². The number of hydrogen-bond donors (Lipinski definition) is 2. The summed E-state index contributed by atoms with van der Waals surface area (Å²) in [4.78, 5) is 31.0. The van der Waals surface area contributed by atoms with Crippen molar-refractivity contribution in [2.24, 2.45) is 11.8 Å². The number of ether oxygens (including phenoxy) is 2. The Morgan fingerprint density at radius 2 is 1.61 bits per heavy atom. The number of nitriles is 1. The Bertz CT molecular complexity index is 689. The molecule has 28 heavy (non-hydrogen) atoms. The van der Waals surface area contributed by atoms with Gasteiger partial charge in [0.15, 0.2) is 0 Å². The van der Waals surface area contributed by atoms with Crippen molar-refractivity contribution >= 4 is 23.7 Å². The molecule has 0 amide bonds. The summed E-state index contributed by atoms with van der Waals surface area (Å²) in [5.41, 5.74) is 0.352. The van der Waals surface area contributed by atoms with Gasteiger partial charge in [0.25, 0.3) is 0 Å². The SMILES string of the molecule is COC(=O)CC(C)CCNc1ncc(C#N)c(NCCC(C)CC(=O)OC)n1. The fourth-order valence-electron chi connectivity index (χ4n) is 2.49. The van der Waals surface area contributed by atoms with Gasteiger partial charge in [-0.15, -0.1) is 0 Å². The van der Waals surface area contributed by atoms with Crippen LogP contribution >= 0.6 is 0 Å². The van der Waals surface area contributed by atoms with Gasteiger partial charge in [-0.3, -0.25) is 9.59 Å². The minimum absolute atomic E-state index is 0.154. The Kier molecular flexibility index (Phi) is 10.3. The van der Waals surface area contributed by atoms with Crippen LogP contribution in [0.5, 0.6) is 0 Å². The Morgan fingerprint density at radius 1 is 1.07 bits per heavy atom. The number of esters is 2. The predicted molar refractivity (Wildman–Crippen MR) is 105 cm³/mol. The van der Waals surface area contributed by atoms with E-state index in [1.807, 2.05) is 13.8 Å². The Balaban J connectivity index is 2.53. The molecule has 2 N–H and O–H groups in total. The molecule has 0 saturated carbocycles. The van der Waals surface area contributed by atoms with Crippen molar-refractivity contribution in [2.75, 3.05) is 37.9 Å². The van der Waals surface area contributed by atoms with Gasteiger partial charge >= 0.3 is 11.9 Å². The van der Waals surface area contributed by atoms with Gasteiger partial charge < -0.3 is 20.1 Å². The van der Waals surface area contributed by atoms with Crippen LogP contribution in [0.4, 0.5) is 11.8 Å². The molecule has 0 bridgehead atoms. The molecule has 0 aliphatic heterocycles. The molecule has 0 aliphatic rings. The second kappa shape index (κ2) is 12.5. The van der Waals surface area contributed by atoms with E-state index in [1.165, 1.54) is 20.4 Å². The number of nitrogens with zero attached hydrogens (tertiary/aromatic N) is 3. The third-order valence-corrected chi connectivity index (χ3v) is 4.24. The van der Waals surface area contributed by atoms with Crippen molar-refractivity contribution < 1.29 is 19.1 Å². The normalized spacial score (nSPS) is 12.4. The third-order valence-electron chi connectivity index (χ3n) is 4.24. The van der Waals surface area contributed by atoms with Crippen LogP contribution < -0.4 is 10.6 Å². The van der Waals surface area contributed by atoms with Gasteiger partial charge in [-0.25, -0.2) is 4.98 Å². The topological polar surface area (TPSA) is 126 Å². The van der Waals surface area contributed by atoms with Gasteiger partial charge in [0.1, 0.15) is 17.5 Å². The molecule has 1 heterocycles. The summed E-state index contributed by atoms with van der Waals surface area (Å²) >= 11 is 0. The van der Waals surface area contributed by atoms with Gasteiger partial charge in [0, 0.05) is 25.9 Å². The lowest BCUT2D eigenvalue weighted by Gasteiger charge is -2.13. The molecule has 0 fully saturated rings. The average molecular weight is 391 g/mol. The van der Waals surface area contributed by atoms with Crippen molar-refractivity contribution in [1.29, 1.82) is 5.26 Å². The van der Waals surface area contributed by atoms with Gasteiger partial charge in [0.05, 0.1) is 20.4 Å². The van der Waals surface area contributed by atoms with Crippen molar-refractivity contribution in [3.8, 4) is 6.07 Å². The number of carbonyl (C=O) groups is 2. The molecule has 154 valence electrons. The Hall–Kier alpha value is -2.89. The van der Waals surface area contributed by atoms with Crippen molar-refractivity contribution in [3.63, 3.8) is 0 Å². The van der Waals surface area contributed by atoms with E-state index < -0.39 is 0 Å². The van der Waals surface area contributed by atoms with E-state index >= 15 is 0 Å². The third kappa shape index (κ3) is 8.66. The molecule has 0 saturated heterocycles. The number of nitrogens with one attached hydrogen (secondary N) is 2. The predicted octanol–water partition coefficient (Wildman–Crippen LogP) is 2.35. The maximum Gasteiger partial charge on any atom is 0.305 e. The zero-order chi connectivity index (χ0) is 20.9. The number of rotatable bonds is 12. The summed E-state index contributed by atoms with van der Waals surface area (Å²) in [5.74, 6) is 0.728. The van der Waals surface area contributed by atoms with Crippen LogP contribution in [-0.4, -0.2) is 49.2 Å². The fourth-order valence-corrected chi connectivity index (χ4v) is 2.49. The number of carbonyl (C=O) groups excluding carboxylic acids is 2. The second-order valence-corrected chi connectivity index (χ2v) is 6.77. The lowest BCUT2D eigenvalue weighted by Crippen LogP contribution is -2.15. The smallest absolute Gasteiger partial charge is 0.305 e. The van der Waals surface area contributed by atoms with E-state index in [-0.39, 0.29) is 23.8 Å².